The molecule has 6 nitrogen and oxygen atoms in total. The number of allylic oxidation sites excluding steroid dienone is 5. The Kier molecular flexibility index (Phi) is 16.7. The summed E-state index contributed by atoms with van der Waals surface area (Å²) in [6, 6.07) is 11.9. The first-order valence-electron chi connectivity index (χ1n) is 12.6. The first kappa shape index (κ1) is 34.4. The van der Waals surface area contributed by atoms with Crippen LogP contribution in [0.3, 0.4) is 0 Å². The highest BCUT2D eigenvalue weighted by atomic mass is 32.2. The van der Waals surface area contributed by atoms with E-state index in [0.29, 0.717) is 19.7 Å². The number of aromatic nitrogens is 1. The van der Waals surface area contributed by atoms with E-state index in [9.17, 15) is 13.2 Å². The maximum Gasteiger partial charge on any atom is 0.248 e. The standard InChI is InChI=1S/C29H36F2N6S.CH3F/c1-6-8-9-10-23(7-2)24(15-18-29(3,30)31)21-37(5)36-28(34-22-32-4)35-25-11-13-26(14-12-25)38-27-16-19-33-20-17-27;1-2/h7-17,19-20,22H,2,6,18,21H2,1,3-5H3,(H2,32,34,35,36);1H3/b9-8-,23-10+,24-15+;. The number of alkyl halides is 3. The van der Waals surface area contributed by atoms with Crippen LogP contribution in [-0.4, -0.2) is 56.0 Å². The van der Waals surface area contributed by atoms with Crippen molar-refractivity contribution < 1.29 is 13.2 Å². The molecule has 0 saturated heterocycles. The van der Waals surface area contributed by atoms with Gasteiger partial charge >= 0.3 is 0 Å². The van der Waals surface area contributed by atoms with Crippen molar-refractivity contribution in [2.45, 2.75) is 42.4 Å². The van der Waals surface area contributed by atoms with Gasteiger partial charge in [-0.1, -0.05) is 55.6 Å². The number of pyridine rings is 1. The van der Waals surface area contributed by atoms with Gasteiger partial charge in [0.1, 0.15) is 6.34 Å². The van der Waals surface area contributed by atoms with E-state index in [1.165, 1.54) is 6.34 Å². The third-order valence-electron chi connectivity index (χ3n) is 4.95. The van der Waals surface area contributed by atoms with Crippen LogP contribution in [0.5, 0.6) is 0 Å². The Morgan fingerprint density at radius 3 is 2.35 bits per heavy atom. The van der Waals surface area contributed by atoms with E-state index in [4.69, 9.17) is 0 Å². The molecule has 0 aliphatic carbocycles. The summed E-state index contributed by atoms with van der Waals surface area (Å²) in [6.07, 6.45) is 14.5. The van der Waals surface area contributed by atoms with Crippen molar-refractivity contribution in [1.29, 1.82) is 0 Å². The highest BCUT2D eigenvalue weighted by Gasteiger charge is 2.20. The van der Waals surface area contributed by atoms with Crippen molar-refractivity contribution in [3.63, 3.8) is 0 Å². The van der Waals surface area contributed by atoms with Crippen LogP contribution in [0.15, 0.2) is 117 Å². The predicted octanol–water partition coefficient (Wildman–Crippen LogP) is 7.73. The number of hydrazine groups is 1. The molecule has 2 rings (SSSR count). The van der Waals surface area contributed by atoms with Crippen LogP contribution >= 0.6 is 11.8 Å². The fourth-order valence-electron chi connectivity index (χ4n) is 3.16. The molecule has 2 aromatic rings. The molecule has 0 saturated carbocycles. The Labute approximate surface area is 240 Å². The third-order valence-corrected chi connectivity index (χ3v) is 5.97. The van der Waals surface area contributed by atoms with E-state index < -0.39 is 5.92 Å². The van der Waals surface area contributed by atoms with Gasteiger partial charge in [0.05, 0.1) is 7.18 Å². The maximum atomic E-state index is 13.7. The summed E-state index contributed by atoms with van der Waals surface area (Å²) < 4.78 is 36.8. The van der Waals surface area contributed by atoms with E-state index in [1.54, 1.807) is 48.4 Å². The van der Waals surface area contributed by atoms with Crippen molar-refractivity contribution in [3.8, 4) is 0 Å². The van der Waals surface area contributed by atoms with Crippen LogP contribution in [0.25, 0.3) is 0 Å². The SMILES string of the molecule is C=CC(=C\C=C/CC)/C(=C/CC(C)(F)F)CN(C)NC(=NC=NC)Nc1ccc(Sc2ccncc2)cc1.CF. The van der Waals surface area contributed by atoms with Crippen molar-refractivity contribution in [2.75, 3.05) is 33.1 Å². The minimum absolute atomic E-state index is 0.333. The van der Waals surface area contributed by atoms with Crippen molar-refractivity contribution in [3.05, 3.63) is 96.9 Å². The summed E-state index contributed by atoms with van der Waals surface area (Å²) in [5.74, 6) is -2.38. The topological polar surface area (TPSA) is 64.9 Å². The fourth-order valence-corrected chi connectivity index (χ4v) is 3.96. The summed E-state index contributed by atoms with van der Waals surface area (Å²) in [5, 5.41) is 5.02. The first-order chi connectivity index (χ1) is 19.2. The average Bonchev–Trinajstić information content (AvgIpc) is 2.94. The summed E-state index contributed by atoms with van der Waals surface area (Å²) >= 11 is 1.64. The molecule has 2 N–H and O–H groups in total. The zero-order chi connectivity index (χ0) is 29.8. The Balaban J connectivity index is 0.00000391. The molecule has 0 fully saturated rings. The average molecular weight is 573 g/mol. The number of rotatable bonds is 13. The van der Waals surface area contributed by atoms with Crippen LogP contribution in [0.1, 0.15) is 26.7 Å². The highest BCUT2D eigenvalue weighted by Crippen LogP contribution is 2.28. The zero-order valence-corrected chi connectivity index (χ0v) is 24.6. The monoisotopic (exact) mass is 572 g/mol. The van der Waals surface area contributed by atoms with E-state index in [-0.39, 0.29) is 6.42 Å². The summed E-state index contributed by atoms with van der Waals surface area (Å²) in [6.45, 7) is 7.15. The first-order valence-corrected chi connectivity index (χ1v) is 13.4. The van der Waals surface area contributed by atoms with Gasteiger partial charge in [0.15, 0.2) is 0 Å². The Morgan fingerprint density at radius 1 is 1.12 bits per heavy atom. The number of aliphatic imine (C=N–C) groups is 2. The number of hydrogen-bond acceptors (Lipinski definition) is 4. The number of anilines is 1. The normalized spacial score (nSPS) is 13.0. The highest BCUT2D eigenvalue weighted by molar-refractivity contribution is 7.99. The number of nitrogens with zero attached hydrogens (tertiary/aromatic N) is 4. The van der Waals surface area contributed by atoms with Gasteiger partial charge in [0.2, 0.25) is 11.9 Å². The summed E-state index contributed by atoms with van der Waals surface area (Å²) in [4.78, 5) is 14.5. The van der Waals surface area contributed by atoms with E-state index in [2.05, 4.69) is 32.3 Å². The van der Waals surface area contributed by atoms with Crippen LogP contribution < -0.4 is 10.7 Å². The largest absolute Gasteiger partial charge is 0.325 e. The quantitative estimate of drug-likeness (QED) is 0.111. The van der Waals surface area contributed by atoms with Gasteiger partial charge < -0.3 is 5.32 Å². The van der Waals surface area contributed by atoms with Gasteiger partial charge in [-0.3, -0.25) is 19.8 Å². The second kappa shape index (κ2) is 19.4. The minimum Gasteiger partial charge on any atom is -0.325 e. The molecular weight excluding hydrogens is 533 g/mol. The second-order valence-corrected chi connectivity index (χ2v) is 9.57. The molecule has 0 spiro atoms. The maximum absolute atomic E-state index is 13.7. The molecule has 10 heteroatoms. The molecule has 1 aromatic heterocycles. The number of halogens is 3. The molecule has 0 aliphatic heterocycles. The molecular formula is C30H39F3N6S. The number of nitrogens with one attached hydrogen (secondary N) is 2. The second-order valence-electron chi connectivity index (χ2n) is 8.42. The van der Waals surface area contributed by atoms with Gasteiger partial charge in [-0.25, -0.2) is 18.8 Å². The van der Waals surface area contributed by atoms with Crippen LogP contribution in [0.4, 0.5) is 18.9 Å². The lowest BCUT2D eigenvalue weighted by molar-refractivity contribution is 0.0252. The van der Waals surface area contributed by atoms with Crippen LogP contribution in [-0.2, 0) is 0 Å². The van der Waals surface area contributed by atoms with Gasteiger partial charge in [0.25, 0.3) is 0 Å². The third kappa shape index (κ3) is 14.5. The molecule has 0 unspecified atom stereocenters. The molecule has 216 valence electrons. The molecule has 0 bridgehead atoms. The minimum atomic E-state index is -2.81. The predicted molar refractivity (Wildman–Crippen MR) is 164 cm³/mol. The lowest BCUT2D eigenvalue weighted by Crippen LogP contribution is -2.44. The van der Waals surface area contributed by atoms with Gasteiger partial charge in [-0.15, -0.1) is 0 Å². The summed E-state index contributed by atoms with van der Waals surface area (Å²) in [7, 11) is 3.95. The Bertz CT molecular complexity index is 1150. The van der Waals surface area contributed by atoms with Gasteiger partial charge in [-0.2, -0.15) is 0 Å². The van der Waals surface area contributed by atoms with Crippen LogP contribution in [0.2, 0.25) is 0 Å². The van der Waals surface area contributed by atoms with Crippen molar-refractivity contribution >= 4 is 29.7 Å². The molecule has 0 radical (unpaired) electrons. The molecule has 1 aromatic carbocycles. The Hall–Kier alpha value is -3.63. The Morgan fingerprint density at radius 2 is 1.77 bits per heavy atom. The molecule has 0 atom stereocenters. The van der Waals surface area contributed by atoms with Gasteiger partial charge in [-0.05, 0) is 60.9 Å². The van der Waals surface area contributed by atoms with E-state index >= 15 is 0 Å². The summed E-state index contributed by atoms with van der Waals surface area (Å²) in [5.41, 5.74) is 5.51. The molecule has 40 heavy (non-hydrogen) atoms. The molecule has 0 aliphatic rings. The van der Waals surface area contributed by atoms with Crippen LogP contribution in [0, 0.1) is 0 Å². The van der Waals surface area contributed by atoms with Crippen molar-refractivity contribution in [2.24, 2.45) is 9.98 Å². The fraction of sp³-hybridized carbons (Fsp3) is 0.300. The number of hydrogen-bond donors (Lipinski definition) is 2. The van der Waals surface area contributed by atoms with E-state index in [1.807, 2.05) is 68.6 Å². The van der Waals surface area contributed by atoms with Crippen molar-refractivity contribution in [1.82, 2.24) is 15.4 Å². The number of likely N-dealkylation sites (N-methyl/N-ethyl adjacent to an activating group) is 1. The van der Waals surface area contributed by atoms with Gasteiger partial charge in [0, 0.05) is 54.9 Å². The molecule has 1 heterocycles. The molecule has 0 amide bonds. The smallest absolute Gasteiger partial charge is 0.248 e. The number of benzene rings is 1. The number of guanidine groups is 1. The zero-order valence-electron chi connectivity index (χ0n) is 23.7. The van der Waals surface area contributed by atoms with E-state index in [0.717, 1.165) is 40.0 Å². The lowest BCUT2D eigenvalue weighted by atomic mass is 10.0. The lowest BCUT2D eigenvalue weighted by Gasteiger charge is -2.23.